The van der Waals surface area contributed by atoms with Gasteiger partial charge in [0.1, 0.15) is 0 Å². The molecule has 2 aromatic carbocycles. The minimum absolute atomic E-state index is 0.00169. The average Bonchev–Trinajstić information content (AvgIpc) is 2.72. The number of carbonyl (C=O) groups excluding carboxylic acids is 2. The lowest BCUT2D eigenvalue weighted by Gasteiger charge is -2.27. The molecule has 0 spiro atoms. The predicted octanol–water partition coefficient (Wildman–Crippen LogP) is 3.35. The Morgan fingerprint density at radius 1 is 1.11 bits per heavy atom. The van der Waals surface area contributed by atoms with Crippen molar-refractivity contribution in [1.82, 2.24) is 5.43 Å². The number of rotatable bonds is 5. The number of benzene rings is 2. The van der Waals surface area contributed by atoms with Crippen LogP contribution in [-0.2, 0) is 11.3 Å². The van der Waals surface area contributed by atoms with Crippen LogP contribution in [0.3, 0.4) is 0 Å². The second kappa shape index (κ2) is 8.47. The summed E-state index contributed by atoms with van der Waals surface area (Å²) in [7, 11) is 0. The third-order valence-corrected chi connectivity index (χ3v) is 4.68. The van der Waals surface area contributed by atoms with Crippen LogP contribution in [0.2, 0.25) is 0 Å². The summed E-state index contributed by atoms with van der Waals surface area (Å²) in [4.78, 5) is 26.7. The number of carbonyl (C=O) groups is 2. The summed E-state index contributed by atoms with van der Waals surface area (Å²) in [5.41, 5.74) is 5.17. The van der Waals surface area contributed by atoms with Crippen LogP contribution in [0.15, 0.2) is 78.4 Å². The maximum absolute atomic E-state index is 13.3. The Kier molecular flexibility index (Phi) is 5.84. The maximum atomic E-state index is 13.3. The molecule has 0 bridgehead atoms. The molecule has 5 nitrogen and oxygen atoms in total. The van der Waals surface area contributed by atoms with Crippen LogP contribution in [0.5, 0.6) is 0 Å². The molecule has 27 heavy (non-hydrogen) atoms. The fourth-order valence-electron chi connectivity index (χ4n) is 3.10. The van der Waals surface area contributed by atoms with Crippen molar-refractivity contribution in [3.05, 3.63) is 89.5 Å². The molecule has 0 fully saturated rings. The Balaban J connectivity index is 1.89. The lowest BCUT2D eigenvalue weighted by Crippen LogP contribution is -2.34. The van der Waals surface area contributed by atoms with Gasteiger partial charge in [0, 0.05) is 16.8 Å². The lowest BCUT2D eigenvalue weighted by molar-refractivity contribution is -0.115. The molecule has 0 heterocycles. The van der Waals surface area contributed by atoms with Crippen LogP contribution < -0.4 is 16.2 Å². The van der Waals surface area contributed by atoms with Crippen molar-refractivity contribution in [3.63, 3.8) is 0 Å². The summed E-state index contributed by atoms with van der Waals surface area (Å²) in [6.45, 7) is 2.48. The Hall–Kier alpha value is -3.18. The van der Waals surface area contributed by atoms with Crippen molar-refractivity contribution in [1.29, 1.82) is 0 Å². The van der Waals surface area contributed by atoms with Gasteiger partial charge in [0.15, 0.2) is 0 Å². The molecule has 1 aliphatic rings. The van der Waals surface area contributed by atoms with Gasteiger partial charge in [-0.3, -0.25) is 15.0 Å². The molecular formula is C22H23N3O2. The van der Waals surface area contributed by atoms with Crippen LogP contribution in [0, 0.1) is 5.92 Å². The number of para-hydroxylation sites is 1. The number of hydrazine groups is 1. The molecule has 1 atom stereocenters. The van der Waals surface area contributed by atoms with Crippen molar-refractivity contribution >= 4 is 17.5 Å². The number of nitrogen functional groups attached to an aromatic ring is 1. The highest BCUT2D eigenvalue weighted by atomic mass is 16.2. The van der Waals surface area contributed by atoms with Gasteiger partial charge in [0.05, 0.1) is 6.54 Å². The molecule has 0 saturated heterocycles. The van der Waals surface area contributed by atoms with Gasteiger partial charge in [-0.15, -0.1) is 0 Å². The minimum Gasteiger partial charge on any atom is -0.304 e. The molecule has 0 aliphatic heterocycles. The van der Waals surface area contributed by atoms with Crippen LogP contribution in [0.1, 0.15) is 29.3 Å². The lowest BCUT2D eigenvalue weighted by atomic mass is 9.92. The van der Waals surface area contributed by atoms with Crippen molar-refractivity contribution in [3.8, 4) is 0 Å². The first kappa shape index (κ1) is 18.6. The van der Waals surface area contributed by atoms with Crippen molar-refractivity contribution < 1.29 is 9.59 Å². The standard InChI is InChI=1S/C22H23N3O2/c1-16-7-5-6-10-20(16)22(27)25(19-8-3-2-4-9-19)15-17-11-13-18(14-12-17)21(26)24-23/h2-6,8-14,16H,7,15,23H2,1H3,(H,24,26). The zero-order valence-electron chi connectivity index (χ0n) is 15.3. The Morgan fingerprint density at radius 2 is 1.81 bits per heavy atom. The minimum atomic E-state index is -0.342. The summed E-state index contributed by atoms with van der Waals surface area (Å²) >= 11 is 0. The molecule has 1 aliphatic carbocycles. The van der Waals surface area contributed by atoms with E-state index in [-0.39, 0.29) is 17.7 Å². The molecule has 1 unspecified atom stereocenters. The van der Waals surface area contributed by atoms with E-state index in [9.17, 15) is 9.59 Å². The number of allylic oxidation sites excluding steroid dienone is 3. The van der Waals surface area contributed by atoms with Gasteiger partial charge in [-0.1, -0.05) is 55.5 Å². The van der Waals surface area contributed by atoms with E-state index in [1.54, 1.807) is 17.0 Å². The molecule has 0 radical (unpaired) electrons. The van der Waals surface area contributed by atoms with Crippen LogP contribution in [0.4, 0.5) is 5.69 Å². The SMILES string of the molecule is CC1CC=CC=C1C(=O)N(Cc1ccc(C(=O)NN)cc1)c1ccccc1. The van der Waals surface area contributed by atoms with Gasteiger partial charge >= 0.3 is 0 Å². The molecule has 2 amide bonds. The maximum Gasteiger partial charge on any atom is 0.265 e. The number of amides is 2. The molecule has 0 saturated carbocycles. The van der Waals surface area contributed by atoms with Gasteiger partial charge in [-0.2, -0.15) is 0 Å². The van der Waals surface area contributed by atoms with Crippen molar-refractivity contribution in [2.24, 2.45) is 11.8 Å². The fraction of sp³-hybridized carbons (Fsp3) is 0.182. The number of nitrogens with zero attached hydrogens (tertiary/aromatic N) is 1. The monoisotopic (exact) mass is 361 g/mol. The van der Waals surface area contributed by atoms with E-state index in [2.05, 4.69) is 18.4 Å². The summed E-state index contributed by atoms with van der Waals surface area (Å²) in [6.07, 6.45) is 6.79. The zero-order valence-corrected chi connectivity index (χ0v) is 15.3. The summed E-state index contributed by atoms with van der Waals surface area (Å²) in [6, 6.07) is 16.7. The summed E-state index contributed by atoms with van der Waals surface area (Å²) in [5.74, 6) is 5.01. The van der Waals surface area contributed by atoms with E-state index < -0.39 is 0 Å². The van der Waals surface area contributed by atoms with E-state index >= 15 is 0 Å². The summed E-state index contributed by atoms with van der Waals surface area (Å²) < 4.78 is 0. The quantitative estimate of drug-likeness (QED) is 0.487. The largest absolute Gasteiger partial charge is 0.304 e. The van der Waals surface area contributed by atoms with Gasteiger partial charge in [-0.05, 0) is 42.2 Å². The second-order valence-corrected chi connectivity index (χ2v) is 6.58. The smallest absolute Gasteiger partial charge is 0.265 e. The molecule has 2 aromatic rings. The Labute approximate surface area is 159 Å². The first-order valence-electron chi connectivity index (χ1n) is 8.93. The average molecular weight is 361 g/mol. The number of hydrogen-bond acceptors (Lipinski definition) is 3. The summed E-state index contributed by atoms with van der Waals surface area (Å²) in [5, 5.41) is 0. The molecule has 5 heteroatoms. The molecule has 3 rings (SSSR count). The highest BCUT2D eigenvalue weighted by Crippen LogP contribution is 2.26. The normalized spacial score (nSPS) is 15.8. The fourth-order valence-corrected chi connectivity index (χ4v) is 3.10. The zero-order chi connectivity index (χ0) is 19.2. The molecule has 138 valence electrons. The van der Waals surface area contributed by atoms with Gasteiger partial charge in [-0.25, -0.2) is 5.84 Å². The molecular weight excluding hydrogens is 338 g/mol. The van der Waals surface area contributed by atoms with E-state index in [0.717, 1.165) is 23.2 Å². The van der Waals surface area contributed by atoms with Gasteiger partial charge < -0.3 is 4.90 Å². The number of nitrogens with one attached hydrogen (secondary N) is 1. The molecule has 3 N–H and O–H groups in total. The third-order valence-electron chi connectivity index (χ3n) is 4.68. The van der Waals surface area contributed by atoms with Crippen LogP contribution in [0.25, 0.3) is 0 Å². The van der Waals surface area contributed by atoms with E-state index in [0.29, 0.717) is 12.1 Å². The topological polar surface area (TPSA) is 75.4 Å². The van der Waals surface area contributed by atoms with E-state index in [1.165, 1.54) is 0 Å². The van der Waals surface area contributed by atoms with Crippen molar-refractivity contribution in [2.75, 3.05) is 4.90 Å². The van der Waals surface area contributed by atoms with Gasteiger partial charge in [0.25, 0.3) is 11.8 Å². The highest BCUT2D eigenvalue weighted by molar-refractivity contribution is 6.06. The number of hydrogen-bond donors (Lipinski definition) is 2. The number of anilines is 1. The van der Waals surface area contributed by atoms with Crippen LogP contribution >= 0.6 is 0 Å². The Bertz CT molecular complexity index is 870. The van der Waals surface area contributed by atoms with E-state index in [4.69, 9.17) is 5.84 Å². The van der Waals surface area contributed by atoms with E-state index in [1.807, 2.05) is 54.6 Å². The first-order chi connectivity index (χ1) is 13.1. The van der Waals surface area contributed by atoms with Crippen LogP contribution in [-0.4, -0.2) is 11.8 Å². The molecule has 0 aromatic heterocycles. The van der Waals surface area contributed by atoms with Crippen molar-refractivity contribution in [2.45, 2.75) is 19.9 Å². The first-order valence-corrected chi connectivity index (χ1v) is 8.93. The van der Waals surface area contributed by atoms with Gasteiger partial charge in [0.2, 0.25) is 0 Å². The number of nitrogens with two attached hydrogens (primary N) is 1. The second-order valence-electron chi connectivity index (χ2n) is 6.58. The third kappa shape index (κ3) is 4.33. The Morgan fingerprint density at radius 3 is 2.44 bits per heavy atom. The predicted molar refractivity (Wildman–Crippen MR) is 107 cm³/mol. The highest BCUT2D eigenvalue weighted by Gasteiger charge is 2.24.